The van der Waals surface area contributed by atoms with Gasteiger partial charge in [-0.15, -0.1) is 0 Å². The molecule has 0 spiro atoms. The molecule has 0 radical (unpaired) electrons. The molecule has 1 atom stereocenters. The largest absolute Gasteiger partial charge is 0.434 e. The zero-order chi connectivity index (χ0) is 12.6. The predicted molar refractivity (Wildman–Crippen MR) is 57.1 cm³/mol. The molecule has 1 aromatic heterocycles. The molecule has 4 nitrogen and oxygen atoms in total. The summed E-state index contributed by atoms with van der Waals surface area (Å²) in [5.74, 6) is -2.98. The minimum Gasteiger partial charge on any atom is -0.434 e. The Morgan fingerprint density at radius 1 is 1.59 bits per heavy atom. The number of rotatable bonds is 2. The molecule has 0 aromatic carbocycles. The topological polar surface area (TPSA) is 51.2 Å². The first kappa shape index (κ1) is 11.8. The molecule has 17 heavy (non-hydrogen) atoms. The van der Waals surface area contributed by atoms with Gasteiger partial charge < -0.3 is 4.74 Å². The molecular weight excluding hydrogens is 230 g/mol. The van der Waals surface area contributed by atoms with Crippen LogP contribution in [0.4, 0.5) is 19.4 Å². The van der Waals surface area contributed by atoms with Gasteiger partial charge in [-0.3, -0.25) is 5.32 Å². The van der Waals surface area contributed by atoms with Crippen LogP contribution in [0.3, 0.4) is 0 Å². The molecule has 0 saturated heterocycles. The quantitative estimate of drug-likeness (QED) is 0.867. The molecule has 2 heterocycles. The molecule has 1 amide bonds. The van der Waals surface area contributed by atoms with Crippen molar-refractivity contribution in [3.05, 3.63) is 23.4 Å². The van der Waals surface area contributed by atoms with Crippen LogP contribution in [0.2, 0.25) is 0 Å². The van der Waals surface area contributed by atoms with Crippen molar-refractivity contribution in [2.24, 2.45) is 0 Å². The number of carbonyl (C=O) groups excluding carboxylic acids is 1. The van der Waals surface area contributed by atoms with Crippen molar-refractivity contribution in [1.82, 2.24) is 4.98 Å². The van der Waals surface area contributed by atoms with Gasteiger partial charge in [-0.05, 0) is 18.1 Å². The van der Waals surface area contributed by atoms with E-state index in [-0.39, 0.29) is 11.4 Å². The van der Waals surface area contributed by atoms with Gasteiger partial charge >= 0.3 is 6.09 Å². The number of hydrogen-bond acceptors (Lipinski definition) is 3. The van der Waals surface area contributed by atoms with E-state index in [1.54, 1.807) is 6.07 Å². The Balaban J connectivity index is 2.57. The summed E-state index contributed by atoms with van der Waals surface area (Å²) in [5.41, 5.74) is 0.962. The van der Waals surface area contributed by atoms with Crippen LogP contribution in [0, 0.1) is 0 Å². The van der Waals surface area contributed by atoms with Gasteiger partial charge in [0.2, 0.25) is 0 Å². The molecule has 1 aromatic rings. The molecule has 0 bridgehead atoms. The number of pyridine rings is 1. The fourth-order valence-electron chi connectivity index (χ4n) is 1.86. The predicted octanol–water partition coefficient (Wildman–Crippen LogP) is 2.90. The van der Waals surface area contributed by atoms with Gasteiger partial charge in [0.25, 0.3) is 5.92 Å². The van der Waals surface area contributed by atoms with Crippen LogP contribution < -0.4 is 5.32 Å². The van der Waals surface area contributed by atoms with Crippen molar-refractivity contribution < 1.29 is 18.3 Å². The maximum atomic E-state index is 13.4. The maximum absolute atomic E-state index is 13.4. The number of amides is 1. The van der Waals surface area contributed by atoms with Crippen molar-refractivity contribution in [3.8, 4) is 0 Å². The Morgan fingerprint density at radius 2 is 2.29 bits per heavy atom. The highest BCUT2D eigenvalue weighted by molar-refractivity contribution is 5.87. The number of ether oxygens (including phenoxy) is 1. The number of anilines is 1. The Morgan fingerprint density at radius 3 is 2.88 bits per heavy atom. The van der Waals surface area contributed by atoms with E-state index in [2.05, 4.69) is 15.0 Å². The smallest absolute Gasteiger partial charge is 0.413 e. The van der Waals surface area contributed by atoms with Crippen molar-refractivity contribution in [2.45, 2.75) is 32.3 Å². The number of nitrogens with zero attached hydrogens (tertiary/aromatic N) is 1. The van der Waals surface area contributed by atoms with Crippen LogP contribution in [0.1, 0.15) is 31.1 Å². The lowest BCUT2D eigenvalue weighted by molar-refractivity contribution is -0.0989. The summed E-state index contributed by atoms with van der Waals surface area (Å²) in [6.07, 6.45) is -0.426. The van der Waals surface area contributed by atoms with Crippen LogP contribution in [0.15, 0.2) is 12.3 Å². The summed E-state index contributed by atoms with van der Waals surface area (Å²) in [6.45, 7) is 2.57. The molecule has 1 aliphatic heterocycles. The zero-order valence-electron chi connectivity index (χ0n) is 9.46. The molecule has 92 valence electrons. The molecule has 0 saturated carbocycles. The Hall–Kier alpha value is -1.72. The van der Waals surface area contributed by atoms with E-state index < -0.39 is 18.1 Å². The van der Waals surface area contributed by atoms with E-state index in [1.807, 2.05) is 6.92 Å². The van der Waals surface area contributed by atoms with E-state index in [0.717, 1.165) is 6.92 Å². The summed E-state index contributed by atoms with van der Waals surface area (Å²) in [6, 6.07) is 1.65. The lowest BCUT2D eigenvalue weighted by Gasteiger charge is -2.30. The van der Waals surface area contributed by atoms with E-state index in [9.17, 15) is 13.6 Å². The van der Waals surface area contributed by atoms with Gasteiger partial charge in [-0.2, -0.15) is 0 Å². The number of nitrogens with one attached hydrogen (secondary N) is 1. The highest BCUT2D eigenvalue weighted by atomic mass is 19.3. The van der Waals surface area contributed by atoms with Crippen LogP contribution in [0.25, 0.3) is 0 Å². The summed E-state index contributed by atoms with van der Waals surface area (Å²) in [5, 5.41) is 2.33. The summed E-state index contributed by atoms with van der Waals surface area (Å²) in [7, 11) is 0. The average Bonchev–Trinajstić information content (AvgIpc) is 2.25. The number of halogens is 2. The van der Waals surface area contributed by atoms with E-state index in [4.69, 9.17) is 0 Å². The van der Waals surface area contributed by atoms with Crippen molar-refractivity contribution in [1.29, 1.82) is 0 Å². The highest BCUT2D eigenvalue weighted by Crippen LogP contribution is 2.41. The average molecular weight is 242 g/mol. The molecule has 1 unspecified atom stereocenters. The first-order valence-corrected chi connectivity index (χ1v) is 5.26. The van der Waals surface area contributed by atoms with Crippen LogP contribution >= 0.6 is 0 Å². The normalized spacial score (nSPS) is 19.3. The fraction of sp³-hybridized carbons (Fsp3) is 0.455. The third kappa shape index (κ3) is 2.07. The third-order valence-corrected chi connectivity index (χ3v) is 2.63. The van der Waals surface area contributed by atoms with Crippen molar-refractivity contribution in [2.75, 3.05) is 5.32 Å². The van der Waals surface area contributed by atoms with Gasteiger partial charge in [0.15, 0.2) is 6.10 Å². The lowest BCUT2D eigenvalue weighted by atomic mass is 9.97. The summed E-state index contributed by atoms with van der Waals surface area (Å²) >= 11 is 0. The fourth-order valence-corrected chi connectivity index (χ4v) is 1.86. The van der Waals surface area contributed by atoms with Crippen LogP contribution in [-0.4, -0.2) is 17.0 Å². The molecule has 2 rings (SSSR count). The standard InChI is InChI=1S/C11H12F2N2O2/c1-3-6-4-5-14-9-7(6)8(11(2,12)13)17-10(16)15-9/h4-5,8H,3H2,1-2H3,(H,14,15,16). The SMILES string of the molecule is CCc1ccnc2c1C(C(C)(F)F)OC(=O)N2. The minimum absolute atomic E-state index is 0.159. The van der Waals surface area contributed by atoms with E-state index in [1.165, 1.54) is 6.20 Å². The number of alkyl halides is 2. The second kappa shape index (κ2) is 3.94. The Labute approximate surface area is 97.0 Å². The monoisotopic (exact) mass is 242 g/mol. The van der Waals surface area contributed by atoms with Crippen molar-refractivity contribution >= 4 is 11.9 Å². The maximum Gasteiger partial charge on any atom is 0.413 e. The molecule has 6 heteroatoms. The van der Waals surface area contributed by atoms with Gasteiger partial charge in [-0.25, -0.2) is 18.6 Å². The van der Waals surface area contributed by atoms with E-state index >= 15 is 0 Å². The van der Waals surface area contributed by atoms with Crippen LogP contribution in [-0.2, 0) is 11.2 Å². The number of aromatic nitrogens is 1. The van der Waals surface area contributed by atoms with Gasteiger partial charge in [0.05, 0.1) is 0 Å². The van der Waals surface area contributed by atoms with E-state index in [0.29, 0.717) is 12.0 Å². The number of hydrogen-bond donors (Lipinski definition) is 1. The highest BCUT2D eigenvalue weighted by Gasteiger charge is 2.44. The molecule has 0 fully saturated rings. The molecule has 0 aliphatic carbocycles. The number of fused-ring (bicyclic) bond motifs is 1. The second-order valence-electron chi connectivity index (χ2n) is 3.95. The third-order valence-electron chi connectivity index (χ3n) is 2.63. The van der Waals surface area contributed by atoms with Gasteiger partial charge in [0, 0.05) is 18.7 Å². The second-order valence-corrected chi connectivity index (χ2v) is 3.95. The number of aryl methyl sites for hydroxylation is 1. The van der Waals surface area contributed by atoms with Gasteiger partial charge in [-0.1, -0.05) is 6.92 Å². The molecule has 1 N–H and O–H groups in total. The lowest BCUT2D eigenvalue weighted by Crippen LogP contribution is -2.35. The number of cyclic esters (lactones) is 1. The van der Waals surface area contributed by atoms with Crippen molar-refractivity contribution in [3.63, 3.8) is 0 Å². The first-order valence-electron chi connectivity index (χ1n) is 5.26. The Bertz CT molecular complexity index is 457. The Kier molecular flexibility index (Phi) is 2.73. The minimum atomic E-state index is -3.14. The first-order chi connectivity index (χ1) is 7.93. The summed E-state index contributed by atoms with van der Waals surface area (Å²) in [4.78, 5) is 15.1. The zero-order valence-corrected chi connectivity index (χ0v) is 9.46. The molecule has 1 aliphatic rings. The summed E-state index contributed by atoms with van der Waals surface area (Å²) < 4.78 is 31.6. The molecular formula is C11H12F2N2O2. The van der Waals surface area contributed by atoms with Gasteiger partial charge in [0.1, 0.15) is 5.82 Å². The number of carbonyl (C=O) groups is 1. The van der Waals surface area contributed by atoms with Crippen LogP contribution in [0.5, 0.6) is 0 Å².